The zero-order valence-electron chi connectivity index (χ0n) is 14.0. The Morgan fingerprint density at radius 2 is 2.25 bits per heavy atom. The third-order valence-corrected chi connectivity index (χ3v) is 5.51. The van der Waals surface area contributed by atoms with Crippen molar-refractivity contribution in [1.82, 2.24) is 15.3 Å². The Bertz CT molecular complexity index is 713. The molecule has 0 unspecified atom stereocenters. The Hall–Kier alpha value is -1.88. The van der Waals surface area contributed by atoms with E-state index in [1.54, 1.807) is 6.20 Å². The first-order chi connectivity index (χ1) is 11.7. The van der Waals surface area contributed by atoms with Gasteiger partial charge < -0.3 is 15.0 Å². The van der Waals surface area contributed by atoms with Crippen LogP contribution in [0.2, 0.25) is 0 Å². The number of nitrogens with zero attached hydrogens (tertiary/aromatic N) is 1. The van der Waals surface area contributed by atoms with E-state index in [0.717, 1.165) is 48.9 Å². The van der Waals surface area contributed by atoms with Crippen molar-refractivity contribution in [3.8, 4) is 0 Å². The summed E-state index contributed by atoms with van der Waals surface area (Å²) in [4.78, 5) is 19.9. The standard InChI is InChI=1S/C19H25N3O2/c23-17(11-14-13-21-18-16(14)5-4-9-20-18)22-15-6-10-24-19(12-15)7-2-1-3-8-19/h4-5,9,13,15H,1-3,6-8,10-12H2,(H,20,21)(H,22,23)/t15-/m0/s1. The second-order valence-electron chi connectivity index (χ2n) is 7.24. The summed E-state index contributed by atoms with van der Waals surface area (Å²) < 4.78 is 6.12. The molecule has 2 aliphatic rings. The summed E-state index contributed by atoms with van der Waals surface area (Å²) in [5.74, 6) is 0.0950. The number of ether oxygens (including phenoxy) is 1. The van der Waals surface area contributed by atoms with Crippen LogP contribution in [0.4, 0.5) is 0 Å². The molecule has 128 valence electrons. The van der Waals surface area contributed by atoms with Gasteiger partial charge in [0, 0.05) is 30.4 Å². The summed E-state index contributed by atoms with van der Waals surface area (Å²) in [6, 6.07) is 4.16. The number of hydrogen-bond donors (Lipinski definition) is 2. The molecule has 2 N–H and O–H groups in total. The average Bonchev–Trinajstić information content (AvgIpc) is 2.99. The highest BCUT2D eigenvalue weighted by molar-refractivity contribution is 5.87. The molecular formula is C19H25N3O2. The van der Waals surface area contributed by atoms with E-state index in [9.17, 15) is 4.79 Å². The summed E-state index contributed by atoms with van der Waals surface area (Å²) in [5, 5.41) is 4.27. The minimum Gasteiger partial charge on any atom is -0.375 e. The minimum atomic E-state index is 0.0269. The van der Waals surface area contributed by atoms with Gasteiger partial charge in [-0.05, 0) is 43.4 Å². The van der Waals surface area contributed by atoms with Crippen molar-refractivity contribution in [2.45, 2.75) is 63.0 Å². The summed E-state index contributed by atoms with van der Waals surface area (Å²) in [6.07, 6.45) is 12.1. The van der Waals surface area contributed by atoms with Crippen molar-refractivity contribution in [3.05, 3.63) is 30.1 Å². The molecule has 1 saturated carbocycles. The molecule has 1 amide bonds. The molecule has 1 aliphatic carbocycles. The van der Waals surface area contributed by atoms with Gasteiger partial charge in [-0.25, -0.2) is 4.98 Å². The number of amides is 1. The fourth-order valence-electron chi connectivity index (χ4n) is 4.31. The molecule has 1 aliphatic heterocycles. The number of hydrogen-bond acceptors (Lipinski definition) is 3. The maximum Gasteiger partial charge on any atom is 0.224 e. The Kier molecular flexibility index (Phi) is 4.27. The van der Waals surface area contributed by atoms with Gasteiger partial charge in [0.25, 0.3) is 0 Å². The first-order valence-corrected chi connectivity index (χ1v) is 9.08. The second kappa shape index (κ2) is 6.55. The van der Waals surface area contributed by atoms with E-state index >= 15 is 0 Å². The van der Waals surface area contributed by atoms with E-state index in [1.807, 2.05) is 18.3 Å². The van der Waals surface area contributed by atoms with Gasteiger partial charge in [-0.1, -0.05) is 19.3 Å². The molecule has 4 rings (SSSR count). The predicted molar refractivity (Wildman–Crippen MR) is 92.7 cm³/mol. The van der Waals surface area contributed by atoms with Crippen LogP contribution in [0, 0.1) is 0 Å². The summed E-state index contributed by atoms with van der Waals surface area (Å²) in [6.45, 7) is 0.766. The fourth-order valence-corrected chi connectivity index (χ4v) is 4.31. The molecule has 1 spiro atoms. The van der Waals surface area contributed by atoms with Crippen LogP contribution in [-0.2, 0) is 16.0 Å². The van der Waals surface area contributed by atoms with Crippen LogP contribution in [0.15, 0.2) is 24.5 Å². The van der Waals surface area contributed by atoms with Gasteiger partial charge in [0.1, 0.15) is 5.65 Å². The fraction of sp³-hybridized carbons (Fsp3) is 0.579. The van der Waals surface area contributed by atoms with Crippen molar-refractivity contribution in [1.29, 1.82) is 0 Å². The van der Waals surface area contributed by atoms with Crippen molar-refractivity contribution < 1.29 is 9.53 Å². The van der Waals surface area contributed by atoms with Gasteiger partial charge in [0.15, 0.2) is 0 Å². The van der Waals surface area contributed by atoms with E-state index in [4.69, 9.17) is 4.74 Å². The average molecular weight is 327 g/mol. The van der Waals surface area contributed by atoms with Gasteiger partial charge in [-0.15, -0.1) is 0 Å². The number of H-pyrrole nitrogens is 1. The number of pyridine rings is 1. The SMILES string of the molecule is O=C(Cc1c[nH]c2ncccc12)N[C@H]1CCOC2(CCCCC2)C1. The lowest BCUT2D eigenvalue weighted by Crippen LogP contribution is -2.49. The Balaban J connectivity index is 1.39. The quantitative estimate of drug-likeness (QED) is 0.910. The molecule has 5 heteroatoms. The number of carbonyl (C=O) groups excluding carboxylic acids is 1. The van der Waals surface area contributed by atoms with Crippen molar-refractivity contribution in [2.75, 3.05) is 6.61 Å². The topological polar surface area (TPSA) is 67.0 Å². The Morgan fingerprint density at radius 3 is 3.12 bits per heavy atom. The predicted octanol–water partition coefficient (Wildman–Crippen LogP) is 3.10. The summed E-state index contributed by atoms with van der Waals surface area (Å²) in [7, 11) is 0. The highest BCUT2D eigenvalue weighted by Crippen LogP contribution is 2.38. The van der Waals surface area contributed by atoms with Crippen molar-refractivity contribution >= 4 is 16.9 Å². The maximum absolute atomic E-state index is 12.5. The highest BCUT2D eigenvalue weighted by atomic mass is 16.5. The van der Waals surface area contributed by atoms with E-state index in [-0.39, 0.29) is 17.6 Å². The van der Waals surface area contributed by atoms with Gasteiger partial charge in [-0.3, -0.25) is 4.79 Å². The largest absolute Gasteiger partial charge is 0.375 e. The van der Waals surface area contributed by atoms with E-state index in [1.165, 1.54) is 19.3 Å². The molecule has 0 aromatic carbocycles. The van der Waals surface area contributed by atoms with Crippen LogP contribution in [0.1, 0.15) is 50.5 Å². The highest BCUT2D eigenvalue weighted by Gasteiger charge is 2.38. The van der Waals surface area contributed by atoms with Crippen LogP contribution >= 0.6 is 0 Å². The van der Waals surface area contributed by atoms with Crippen LogP contribution < -0.4 is 5.32 Å². The number of rotatable bonds is 3. The first kappa shape index (κ1) is 15.6. The normalized spacial score (nSPS) is 23.4. The molecule has 0 radical (unpaired) electrons. The van der Waals surface area contributed by atoms with Gasteiger partial charge in [-0.2, -0.15) is 0 Å². The molecule has 5 nitrogen and oxygen atoms in total. The number of aromatic nitrogens is 2. The number of aromatic amines is 1. The van der Waals surface area contributed by atoms with Gasteiger partial charge >= 0.3 is 0 Å². The lowest BCUT2D eigenvalue weighted by atomic mass is 9.78. The van der Waals surface area contributed by atoms with Crippen LogP contribution in [0.3, 0.4) is 0 Å². The minimum absolute atomic E-state index is 0.0269. The second-order valence-corrected chi connectivity index (χ2v) is 7.24. The van der Waals surface area contributed by atoms with Gasteiger partial charge in [0.2, 0.25) is 5.91 Å². The van der Waals surface area contributed by atoms with Gasteiger partial charge in [0.05, 0.1) is 12.0 Å². The lowest BCUT2D eigenvalue weighted by Gasteiger charge is -2.43. The zero-order valence-corrected chi connectivity index (χ0v) is 14.0. The molecule has 2 aromatic heterocycles. The smallest absolute Gasteiger partial charge is 0.224 e. The third-order valence-electron chi connectivity index (χ3n) is 5.51. The Labute approximate surface area is 142 Å². The summed E-state index contributed by atoms with van der Waals surface area (Å²) in [5.41, 5.74) is 1.88. The van der Waals surface area contributed by atoms with Crippen LogP contribution in [0.25, 0.3) is 11.0 Å². The molecule has 3 heterocycles. The molecule has 2 fully saturated rings. The maximum atomic E-state index is 12.5. The summed E-state index contributed by atoms with van der Waals surface area (Å²) >= 11 is 0. The zero-order chi connectivity index (χ0) is 16.4. The lowest BCUT2D eigenvalue weighted by molar-refractivity contribution is -0.128. The number of fused-ring (bicyclic) bond motifs is 1. The molecule has 1 saturated heterocycles. The van der Waals surface area contributed by atoms with Crippen molar-refractivity contribution in [2.24, 2.45) is 0 Å². The third kappa shape index (κ3) is 3.18. The van der Waals surface area contributed by atoms with Crippen LogP contribution in [0.5, 0.6) is 0 Å². The van der Waals surface area contributed by atoms with E-state index in [2.05, 4.69) is 15.3 Å². The monoisotopic (exact) mass is 327 g/mol. The number of carbonyl (C=O) groups is 1. The van der Waals surface area contributed by atoms with E-state index in [0.29, 0.717) is 6.42 Å². The van der Waals surface area contributed by atoms with Crippen molar-refractivity contribution in [3.63, 3.8) is 0 Å². The van der Waals surface area contributed by atoms with Crippen LogP contribution in [-0.4, -0.2) is 34.1 Å². The molecule has 0 bridgehead atoms. The molecule has 1 atom stereocenters. The molecule has 24 heavy (non-hydrogen) atoms. The Morgan fingerprint density at radius 1 is 1.38 bits per heavy atom. The first-order valence-electron chi connectivity index (χ1n) is 9.08. The number of nitrogens with one attached hydrogen (secondary N) is 2. The molecular weight excluding hydrogens is 302 g/mol. The molecule has 2 aromatic rings. The van der Waals surface area contributed by atoms with E-state index < -0.39 is 0 Å².